The lowest BCUT2D eigenvalue weighted by atomic mass is 9.96. The fourth-order valence-electron chi connectivity index (χ4n) is 1.71. The van der Waals surface area contributed by atoms with E-state index in [1.54, 1.807) is 0 Å². The fraction of sp³-hybridized carbons (Fsp3) is 0.889. The molecule has 1 atom stereocenters. The monoisotopic (exact) mass is 170 g/mol. The molecular weight excluding hydrogens is 152 g/mol. The summed E-state index contributed by atoms with van der Waals surface area (Å²) < 4.78 is 0. The average molecular weight is 170 g/mol. The normalized spacial score (nSPS) is 25.2. The van der Waals surface area contributed by atoms with Crippen LogP contribution in [0.2, 0.25) is 0 Å². The summed E-state index contributed by atoms with van der Waals surface area (Å²) in [6.07, 6.45) is 2.07. The molecule has 0 bridgehead atoms. The second-order valence-corrected chi connectivity index (χ2v) is 3.70. The summed E-state index contributed by atoms with van der Waals surface area (Å²) in [5, 5.41) is 0. The molecule has 1 aliphatic heterocycles. The van der Waals surface area contributed by atoms with Crippen LogP contribution >= 0.6 is 0 Å². The van der Waals surface area contributed by atoms with Crippen molar-refractivity contribution >= 4 is 5.91 Å². The number of carbonyl (C=O) groups is 1. The fourth-order valence-corrected chi connectivity index (χ4v) is 1.71. The van der Waals surface area contributed by atoms with Crippen LogP contribution in [-0.2, 0) is 4.79 Å². The standard InChI is InChI=1S/C9H18N2O/c1-7(2)11-5-3-4-8(6-10)9(11)12/h7-8H,3-6,10H2,1-2H3/t8-/m0/s1. The van der Waals surface area contributed by atoms with E-state index in [-0.39, 0.29) is 11.8 Å². The predicted octanol–water partition coefficient (Wildman–Crippen LogP) is 0.592. The molecule has 1 rings (SSSR count). The minimum Gasteiger partial charge on any atom is -0.340 e. The molecule has 3 nitrogen and oxygen atoms in total. The molecule has 1 fully saturated rings. The number of rotatable bonds is 2. The van der Waals surface area contributed by atoms with Gasteiger partial charge < -0.3 is 10.6 Å². The third-order valence-electron chi connectivity index (χ3n) is 2.49. The van der Waals surface area contributed by atoms with E-state index in [4.69, 9.17) is 5.73 Å². The van der Waals surface area contributed by atoms with Crippen molar-refractivity contribution in [3.05, 3.63) is 0 Å². The molecule has 1 saturated heterocycles. The number of nitrogens with zero attached hydrogens (tertiary/aromatic N) is 1. The topological polar surface area (TPSA) is 46.3 Å². The Morgan fingerprint density at radius 2 is 2.33 bits per heavy atom. The lowest BCUT2D eigenvalue weighted by molar-refractivity contribution is -0.139. The van der Waals surface area contributed by atoms with Gasteiger partial charge >= 0.3 is 0 Å². The van der Waals surface area contributed by atoms with Crippen molar-refractivity contribution in [3.63, 3.8) is 0 Å². The first kappa shape index (κ1) is 9.52. The van der Waals surface area contributed by atoms with Crippen LogP contribution in [-0.4, -0.2) is 29.9 Å². The summed E-state index contributed by atoms with van der Waals surface area (Å²) in [6.45, 7) is 5.52. The molecule has 0 unspecified atom stereocenters. The third-order valence-corrected chi connectivity index (χ3v) is 2.49. The molecular formula is C9H18N2O. The van der Waals surface area contributed by atoms with Crippen molar-refractivity contribution < 1.29 is 4.79 Å². The Bertz CT molecular complexity index is 168. The van der Waals surface area contributed by atoms with Crippen LogP contribution in [0.1, 0.15) is 26.7 Å². The number of hydrogen-bond donors (Lipinski definition) is 1. The minimum absolute atomic E-state index is 0.0844. The molecule has 0 aliphatic carbocycles. The highest BCUT2D eigenvalue weighted by molar-refractivity contribution is 5.80. The smallest absolute Gasteiger partial charge is 0.227 e. The largest absolute Gasteiger partial charge is 0.340 e. The highest BCUT2D eigenvalue weighted by Gasteiger charge is 2.28. The zero-order valence-corrected chi connectivity index (χ0v) is 7.92. The Morgan fingerprint density at radius 3 is 2.83 bits per heavy atom. The van der Waals surface area contributed by atoms with Crippen LogP contribution in [0.15, 0.2) is 0 Å². The Labute approximate surface area is 73.9 Å². The van der Waals surface area contributed by atoms with E-state index in [2.05, 4.69) is 13.8 Å². The summed E-state index contributed by atoms with van der Waals surface area (Å²) in [5.41, 5.74) is 5.51. The Kier molecular flexibility index (Phi) is 3.09. The van der Waals surface area contributed by atoms with Crippen molar-refractivity contribution in [2.75, 3.05) is 13.1 Å². The molecule has 0 saturated carbocycles. The molecule has 2 N–H and O–H groups in total. The molecule has 1 aliphatic rings. The first-order valence-corrected chi connectivity index (χ1v) is 4.67. The van der Waals surface area contributed by atoms with Crippen LogP contribution in [0.3, 0.4) is 0 Å². The van der Waals surface area contributed by atoms with Gasteiger partial charge in [-0.15, -0.1) is 0 Å². The molecule has 0 aromatic carbocycles. The second-order valence-electron chi connectivity index (χ2n) is 3.70. The maximum atomic E-state index is 11.6. The van der Waals surface area contributed by atoms with Crippen molar-refractivity contribution in [3.8, 4) is 0 Å². The number of carbonyl (C=O) groups excluding carboxylic acids is 1. The molecule has 0 radical (unpaired) electrons. The molecule has 1 heterocycles. The summed E-state index contributed by atoms with van der Waals surface area (Å²) in [5.74, 6) is 0.333. The van der Waals surface area contributed by atoms with Gasteiger partial charge in [-0.1, -0.05) is 0 Å². The lowest BCUT2D eigenvalue weighted by Crippen LogP contribution is -2.47. The Morgan fingerprint density at radius 1 is 1.67 bits per heavy atom. The van der Waals surface area contributed by atoms with Gasteiger partial charge in [0, 0.05) is 19.1 Å². The highest BCUT2D eigenvalue weighted by Crippen LogP contribution is 2.18. The first-order valence-electron chi connectivity index (χ1n) is 4.67. The second kappa shape index (κ2) is 3.90. The van der Waals surface area contributed by atoms with E-state index in [0.717, 1.165) is 19.4 Å². The van der Waals surface area contributed by atoms with Gasteiger partial charge in [-0.2, -0.15) is 0 Å². The van der Waals surface area contributed by atoms with Gasteiger partial charge in [-0.3, -0.25) is 4.79 Å². The van der Waals surface area contributed by atoms with Gasteiger partial charge in [0.05, 0.1) is 5.92 Å². The van der Waals surface area contributed by atoms with E-state index in [1.807, 2.05) is 4.90 Å². The summed E-state index contributed by atoms with van der Waals surface area (Å²) in [6, 6.07) is 0.326. The van der Waals surface area contributed by atoms with Crippen LogP contribution in [0, 0.1) is 5.92 Å². The number of likely N-dealkylation sites (tertiary alicyclic amines) is 1. The van der Waals surface area contributed by atoms with Gasteiger partial charge in [0.1, 0.15) is 0 Å². The van der Waals surface area contributed by atoms with Crippen molar-refractivity contribution in [1.29, 1.82) is 0 Å². The summed E-state index contributed by atoms with van der Waals surface area (Å²) >= 11 is 0. The van der Waals surface area contributed by atoms with Crippen LogP contribution in [0.5, 0.6) is 0 Å². The third kappa shape index (κ3) is 1.78. The minimum atomic E-state index is 0.0844. The molecule has 1 amide bonds. The summed E-state index contributed by atoms with van der Waals surface area (Å²) in [7, 11) is 0. The maximum absolute atomic E-state index is 11.6. The molecule has 0 aromatic rings. The maximum Gasteiger partial charge on any atom is 0.227 e. The van der Waals surface area contributed by atoms with Gasteiger partial charge in [0.2, 0.25) is 5.91 Å². The Hall–Kier alpha value is -0.570. The molecule has 12 heavy (non-hydrogen) atoms. The zero-order chi connectivity index (χ0) is 9.14. The first-order chi connectivity index (χ1) is 5.66. The van der Waals surface area contributed by atoms with Crippen LogP contribution in [0.4, 0.5) is 0 Å². The number of hydrogen-bond acceptors (Lipinski definition) is 2. The van der Waals surface area contributed by atoms with E-state index in [9.17, 15) is 4.79 Å². The van der Waals surface area contributed by atoms with Crippen molar-refractivity contribution in [2.45, 2.75) is 32.7 Å². The molecule has 0 spiro atoms. The molecule has 0 aromatic heterocycles. The highest BCUT2D eigenvalue weighted by atomic mass is 16.2. The Balaban J connectivity index is 2.59. The molecule has 70 valence electrons. The zero-order valence-electron chi connectivity index (χ0n) is 7.92. The van der Waals surface area contributed by atoms with Crippen LogP contribution in [0.25, 0.3) is 0 Å². The van der Waals surface area contributed by atoms with Crippen molar-refractivity contribution in [1.82, 2.24) is 4.90 Å². The van der Waals surface area contributed by atoms with Crippen molar-refractivity contribution in [2.24, 2.45) is 11.7 Å². The quantitative estimate of drug-likeness (QED) is 0.659. The van der Waals surface area contributed by atoms with E-state index in [0.29, 0.717) is 12.6 Å². The number of amides is 1. The van der Waals surface area contributed by atoms with Gasteiger partial charge in [0.25, 0.3) is 0 Å². The van der Waals surface area contributed by atoms with E-state index < -0.39 is 0 Å². The van der Waals surface area contributed by atoms with Gasteiger partial charge in [-0.05, 0) is 26.7 Å². The van der Waals surface area contributed by atoms with Gasteiger partial charge in [0.15, 0.2) is 0 Å². The lowest BCUT2D eigenvalue weighted by Gasteiger charge is -2.34. The molecule has 3 heteroatoms. The number of piperidine rings is 1. The van der Waals surface area contributed by atoms with E-state index >= 15 is 0 Å². The van der Waals surface area contributed by atoms with Crippen LogP contribution < -0.4 is 5.73 Å². The number of nitrogens with two attached hydrogens (primary N) is 1. The SMILES string of the molecule is CC(C)N1CCC[C@@H](CN)C1=O. The van der Waals surface area contributed by atoms with Gasteiger partial charge in [-0.25, -0.2) is 0 Å². The average Bonchev–Trinajstić information content (AvgIpc) is 2.04. The van der Waals surface area contributed by atoms with E-state index in [1.165, 1.54) is 0 Å². The predicted molar refractivity (Wildman–Crippen MR) is 48.6 cm³/mol. The summed E-state index contributed by atoms with van der Waals surface area (Å²) in [4.78, 5) is 13.6.